The number of aliphatic hydroxyl groups excluding tert-OH is 1. The number of likely N-dealkylation sites (N-methyl/N-ethyl adjacent to an activating group) is 1. The number of carbonyl (C=O) groups excluding carboxylic acids is 1. The van der Waals surface area contributed by atoms with E-state index in [4.69, 9.17) is 10.2 Å². The van der Waals surface area contributed by atoms with Crippen molar-refractivity contribution < 1.29 is 34.8 Å². The van der Waals surface area contributed by atoms with Crippen LogP contribution in [0.25, 0.3) is 0 Å². The number of benzene rings is 1. The number of hydrogen-bond donors (Lipinski definition) is 4. The van der Waals surface area contributed by atoms with Crippen molar-refractivity contribution in [2.75, 3.05) is 7.05 Å². The van der Waals surface area contributed by atoms with Gasteiger partial charge in [-0.2, -0.15) is 0 Å². The number of aliphatic carboxylic acids is 2. The molecular formula is C16H21NO7. The van der Waals surface area contributed by atoms with Gasteiger partial charge >= 0.3 is 11.9 Å². The molecule has 1 aromatic carbocycles. The maximum atomic E-state index is 12.2. The smallest absolute Gasteiger partial charge is 0.336 e. The van der Waals surface area contributed by atoms with Crippen molar-refractivity contribution in [3.05, 3.63) is 35.9 Å². The van der Waals surface area contributed by atoms with Crippen molar-refractivity contribution in [2.45, 2.75) is 37.5 Å². The lowest BCUT2D eigenvalue weighted by Gasteiger charge is -2.31. The molecule has 1 unspecified atom stereocenters. The van der Waals surface area contributed by atoms with E-state index in [0.29, 0.717) is 5.56 Å². The summed E-state index contributed by atoms with van der Waals surface area (Å²) >= 11 is 0. The third-order valence-corrected chi connectivity index (χ3v) is 3.89. The predicted octanol–water partition coefficient (Wildman–Crippen LogP) is 0.247. The molecule has 8 heteroatoms. The van der Waals surface area contributed by atoms with Gasteiger partial charge in [0.2, 0.25) is 5.91 Å². The molecule has 1 amide bonds. The molecule has 4 N–H and O–H groups in total. The third-order valence-electron chi connectivity index (χ3n) is 3.89. The fourth-order valence-corrected chi connectivity index (χ4v) is 2.21. The number of carboxylic acid groups (broad SMARTS) is 2. The molecule has 0 bridgehead atoms. The molecule has 0 heterocycles. The summed E-state index contributed by atoms with van der Waals surface area (Å²) in [5.41, 5.74) is -2.13. The van der Waals surface area contributed by atoms with Crippen LogP contribution in [0.3, 0.4) is 0 Å². The van der Waals surface area contributed by atoms with Crippen molar-refractivity contribution >= 4 is 17.8 Å². The van der Waals surface area contributed by atoms with E-state index in [1.54, 1.807) is 37.3 Å². The molecule has 0 aromatic heterocycles. The average Bonchev–Trinajstić information content (AvgIpc) is 2.52. The molecule has 0 saturated carbocycles. The van der Waals surface area contributed by atoms with E-state index >= 15 is 0 Å². The largest absolute Gasteiger partial charge is 0.481 e. The summed E-state index contributed by atoms with van der Waals surface area (Å²) in [6, 6.07) is 7.87. The summed E-state index contributed by atoms with van der Waals surface area (Å²) in [6.45, 7) is 1.56. The summed E-state index contributed by atoms with van der Waals surface area (Å²) in [5.74, 6) is -4.11. The minimum atomic E-state index is -2.70. The van der Waals surface area contributed by atoms with Crippen LogP contribution in [0.5, 0.6) is 0 Å². The molecule has 0 saturated heterocycles. The van der Waals surface area contributed by atoms with Crippen LogP contribution in [0.15, 0.2) is 30.3 Å². The SMILES string of the molecule is C[C@@H]([C@@H](O)c1ccccc1)N(C)C(=O)CC(O)(CC(=O)O)C(=O)O. The number of rotatable bonds is 8. The third kappa shape index (κ3) is 4.77. The fourth-order valence-electron chi connectivity index (χ4n) is 2.21. The van der Waals surface area contributed by atoms with Crippen LogP contribution in [0.1, 0.15) is 31.4 Å². The number of hydrogen-bond acceptors (Lipinski definition) is 5. The normalized spacial score (nSPS) is 15.8. The standard InChI is InChI=1S/C16H21NO7/c1-10(14(21)11-6-4-3-5-7-11)17(2)12(18)8-16(24,15(22)23)9-13(19)20/h3-7,10,14,21,24H,8-9H2,1-2H3,(H,19,20)(H,22,23)/t10-,14+,16?/m0/s1. The quantitative estimate of drug-likeness (QED) is 0.533. The number of carboxylic acids is 2. The Hall–Kier alpha value is -2.45. The van der Waals surface area contributed by atoms with E-state index < -0.39 is 48.4 Å². The Morgan fingerprint density at radius 1 is 1.12 bits per heavy atom. The Kier molecular flexibility index (Phi) is 6.44. The van der Waals surface area contributed by atoms with Gasteiger partial charge in [-0.1, -0.05) is 30.3 Å². The molecule has 0 aliphatic heterocycles. The van der Waals surface area contributed by atoms with E-state index in [1.165, 1.54) is 7.05 Å². The second-order valence-corrected chi connectivity index (χ2v) is 5.68. The Morgan fingerprint density at radius 3 is 2.12 bits per heavy atom. The van der Waals surface area contributed by atoms with Gasteiger partial charge in [-0.25, -0.2) is 4.79 Å². The van der Waals surface area contributed by atoms with Gasteiger partial charge in [0.1, 0.15) is 0 Å². The zero-order chi connectivity index (χ0) is 18.5. The first-order valence-electron chi connectivity index (χ1n) is 7.24. The van der Waals surface area contributed by atoms with Gasteiger partial charge in [0, 0.05) is 7.05 Å². The Labute approximate surface area is 139 Å². The van der Waals surface area contributed by atoms with Gasteiger partial charge in [0.05, 0.1) is 25.0 Å². The van der Waals surface area contributed by atoms with Crippen LogP contribution in [0, 0.1) is 0 Å². The molecule has 24 heavy (non-hydrogen) atoms. The maximum absolute atomic E-state index is 12.2. The van der Waals surface area contributed by atoms with Gasteiger partial charge in [0.15, 0.2) is 5.60 Å². The second kappa shape index (κ2) is 7.89. The highest BCUT2D eigenvalue weighted by atomic mass is 16.4. The van der Waals surface area contributed by atoms with Crippen LogP contribution in [0.2, 0.25) is 0 Å². The van der Waals surface area contributed by atoms with E-state index in [2.05, 4.69) is 0 Å². The van der Waals surface area contributed by atoms with E-state index in [-0.39, 0.29) is 0 Å². The number of aliphatic hydroxyl groups is 2. The highest BCUT2D eigenvalue weighted by Crippen LogP contribution is 2.23. The topological polar surface area (TPSA) is 135 Å². The van der Waals surface area contributed by atoms with Crippen LogP contribution in [-0.4, -0.2) is 61.9 Å². The van der Waals surface area contributed by atoms with Crippen LogP contribution >= 0.6 is 0 Å². The summed E-state index contributed by atoms with van der Waals surface area (Å²) in [5, 5.41) is 37.9. The average molecular weight is 339 g/mol. The summed E-state index contributed by atoms with van der Waals surface area (Å²) in [6.07, 6.45) is -3.02. The molecule has 132 valence electrons. The Balaban J connectivity index is 2.85. The van der Waals surface area contributed by atoms with Gasteiger partial charge in [-0.3, -0.25) is 9.59 Å². The lowest BCUT2D eigenvalue weighted by atomic mass is 9.94. The highest BCUT2D eigenvalue weighted by molar-refractivity contribution is 5.90. The number of carbonyl (C=O) groups is 3. The molecule has 0 aliphatic carbocycles. The second-order valence-electron chi connectivity index (χ2n) is 5.68. The fraction of sp³-hybridized carbons (Fsp3) is 0.438. The van der Waals surface area contributed by atoms with Crippen LogP contribution < -0.4 is 0 Å². The summed E-state index contributed by atoms with van der Waals surface area (Å²) in [7, 11) is 1.35. The molecule has 8 nitrogen and oxygen atoms in total. The van der Waals surface area contributed by atoms with E-state index in [1.807, 2.05) is 0 Å². The van der Waals surface area contributed by atoms with Crippen molar-refractivity contribution in [2.24, 2.45) is 0 Å². The van der Waals surface area contributed by atoms with Crippen molar-refractivity contribution in [3.8, 4) is 0 Å². The van der Waals surface area contributed by atoms with Gasteiger partial charge < -0.3 is 25.3 Å². The van der Waals surface area contributed by atoms with Gasteiger partial charge in [0.25, 0.3) is 0 Å². The zero-order valence-electron chi connectivity index (χ0n) is 13.4. The first-order valence-corrected chi connectivity index (χ1v) is 7.24. The lowest BCUT2D eigenvalue weighted by molar-refractivity contribution is -0.169. The van der Waals surface area contributed by atoms with Crippen LogP contribution in [0.4, 0.5) is 0 Å². The lowest BCUT2D eigenvalue weighted by Crippen LogP contribution is -2.48. The van der Waals surface area contributed by atoms with E-state index in [0.717, 1.165) is 4.90 Å². The molecule has 0 radical (unpaired) electrons. The monoisotopic (exact) mass is 339 g/mol. The molecule has 1 rings (SSSR count). The predicted molar refractivity (Wildman–Crippen MR) is 83.1 cm³/mol. The van der Waals surface area contributed by atoms with Crippen LogP contribution in [-0.2, 0) is 14.4 Å². The number of nitrogens with zero attached hydrogens (tertiary/aromatic N) is 1. The summed E-state index contributed by atoms with van der Waals surface area (Å²) < 4.78 is 0. The molecule has 0 spiro atoms. The highest BCUT2D eigenvalue weighted by Gasteiger charge is 2.42. The molecule has 3 atom stereocenters. The Bertz CT molecular complexity index is 604. The minimum absolute atomic E-state index is 0.573. The minimum Gasteiger partial charge on any atom is -0.481 e. The van der Waals surface area contributed by atoms with Gasteiger partial charge in [-0.05, 0) is 12.5 Å². The summed E-state index contributed by atoms with van der Waals surface area (Å²) in [4.78, 5) is 35.1. The van der Waals surface area contributed by atoms with Crippen molar-refractivity contribution in [1.29, 1.82) is 0 Å². The maximum Gasteiger partial charge on any atom is 0.336 e. The molecular weight excluding hydrogens is 318 g/mol. The molecule has 0 fully saturated rings. The first-order chi connectivity index (χ1) is 11.1. The molecule has 1 aromatic rings. The Morgan fingerprint density at radius 2 is 1.67 bits per heavy atom. The van der Waals surface area contributed by atoms with Crippen molar-refractivity contribution in [1.82, 2.24) is 4.90 Å². The van der Waals surface area contributed by atoms with Crippen molar-refractivity contribution in [3.63, 3.8) is 0 Å². The van der Waals surface area contributed by atoms with Gasteiger partial charge in [-0.15, -0.1) is 0 Å². The zero-order valence-corrected chi connectivity index (χ0v) is 13.4. The molecule has 0 aliphatic rings. The number of amides is 1. The van der Waals surface area contributed by atoms with E-state index in [9.17, 15) is 24.6 Å². The first kappa shape index (κ1) is 19.6.